The molecule has 0 bridgehead atoms. The van der Waals surface area contributed by atoms with E-state index < -0.39 is 0 Å². The quantitative estimate of drug-likeness (QED) is 0.718. The summed E-state index contributed by atoms with van der Waals surface area (Å²) in [5.41, 5.74) is 6.96. The van der Waals surface area contributed by atoms with Crippen molar-refractivity contribution in [2.45, 2.75) is 12.8 Å². The molecule has 2 heterocycles. The van der Waals surface area contributed by atoms with Crippen LogP contribution >= 0.6 is 0 Å². The smallest absolute Gasteiger partial charge is 0.270 e. The van der Waals surface area contributed by atoms with Crippen LogP contribution in [0.4, 0.5) is 5.69 Å². The van der Waals surface area contributed by atoms with E-state index in [1.54, 1.807) is 16.8 Å². The first-order valence-electron chi connectivity index (χ1n) is 4.89. The third-order valence-electron chi connectivity index (χ3n) is 2.64. The van der Waals surface area contributed by atoms with Gasteiger partial charge in [-0.1, -0.05) is 0 Å². The van der Waals surface area contributed by atoms with E-state index in [4.69, 9.17) is 5.73 Å². The minimum absolute atomic E-state index is 0.0988. The number of anilines is 1. The second kappa shape index (κ2) is 3.36. The average Bonchev–Trinajstić information content (AvgIpc) is 2.73. The Hall–Kier alpha value is -1.45. The summed E-state index contributed by atoms with van der Waals surface area (Å²) >= 11 is 0. The molecule has 0 radical (unpaired) electrons. The predicted octanol–water partition coefficient (Wildman–Crippen LogP) is 0.843. The Labute approximate surface area is 83.3 Å². The van der Waals surface area contributed by atoms with Gasteiger partial charge >= 0.3 is 0 Å². The highest BCUT2D eigenvalue weighted by atomic mass is 16.2. The van der Waals surface area contributed by atoms with Crippen molar-refractivity contribution in [1.29, 1.82) is 0 Å². The molecule has 1 aromatic rings. The molecule has 0 aromatic carbocycles. The number of nitrogens with zero attached hydrogens (tertiary/aromatic N) is 2. The first-order valence-corrected chi connectivity index (χ1v) is 4.89. The fourth-order valence-electron chi connectivity index (χ4n) is 1.88. The van der Waals surface area contributed by atoms with Crippen molar-refractivity contribution in [3.63, 3.8) is 0 Å². The summed E-state index contributed by atoms with van der Waals surface area (Å²) in [5, 5.41) is 0. The maximum absolute atomic E-state index is 11.9. The van der Waals surface area contributed by atoms with Crippen molar-refractivity contribution in [3.05, 3.63) is 18.0 Å². The van der Waals surface area contributed by atoms with Gasteiger partial charge in [0.05, 0.1) is 5.69 Å². The molecule has 0 aliphatic carbocycles. The van der Waals surface area contributed by atoms with Gasteiger partial charge in [0.25, 0.3) is 5.91 Å². The lowest BCUT2D eigenvalue weighted by Crippen LogP contribution is -2.29. The van der Waals surface area contributed by atoms with Crippen LogP contribution in [-0.4, -0.2) is 28.5 Å². The van der Waals surface area contributed by atoms with E-state index in [9.17, 15) is 4.79 Å². The zero-order valence-electron chi connectivity index (χ0n) is 8.36. The van der Waals surface area contributed by atoms with Crippen LogP contribution in [0.25, 0.3) is 0 Å². The first-order chi connectivity index (χ1) is 6.68. The van der Waals surface area contributed by atoms with Crippen LogP contribution in [0, 0.1) is 0 Å². The Balaban J connectivity index is 2.21. The molecule has 2 N–H and O–H groups in total. The molecule has 1 aromatic heterocycles. The number of rotatable bonds is 1. The van der Waals surface area contributed by atoms with Crippen molar-refractivity contribution < 1.29 is 4.79 Å². The van der Waals surface area contributed by atoms with Crippen LogP contribution in [0.15, 0.2) is 12.3 Å². The molecule has 1 saturated heterocycles. The van der Waals surface area contributed by atoms with Gasteiger partial charge in [-0.3, -0.25) is 4.79 Å². The molecule has 0 spiro atoms. The highest BCUT2D eigenvalue weighted by molar-refractivity contribution is 5.93. The lowest BCUT2D eigenvalue weighted by Gasteiger charge is -2.15. The number of likely N-dealkylation sites (tertiary alicyclic amines) is 1. The monoisotopic (exact) mass is 193 g/mol. The summed E-state index contributed by atoms with van der Waals surface area (Å²) in [5.74, 6) is 0.0988. The molecule has 1 aliphatic heterocycles. The zero-order chi connectivity index (χ0) is 10.1. The van der Waals surface area contributed by atoms with E-state index in [0.29, 0.717) is 11.4 Å². The van der Waals surface area contributed by atoms with E-state index in [1.807, 2.05) is 11.9 Å². The molecule has 4 heteroatoms. The van der Waals surface area contributed by atoms with Crippen molar-refractivity contribution in [3.8, 4) is 0 Å². The Kier molecular flexibility index (Phi) is 2.19. The van der Waals surface area contributed by atoms with Gasteiger partial charge in [0, 0.05) is 26.3 Å². The number of carbonyl (C=O) groups is 1. The lowest BCUT2D eigenvalue weighted by atomic mass is 10.3. The second-order valence-electron chi connectivity index (χ2n) is 3.77. The standard InChI is InChI=1S/C10H15N3O/c1-12-7-8(11)6-9(12)10(14)13-4-2-3-5-13/h6-7H,2-5,11H2,1H3. The average molecular weight is 193 g/mol. The third-order valence-corrected chi connectivity index (χ3v) is 2.64. The van der Waals surface area contributed by atoms with Gasteiger partial charge in [0.2, 0.25) is 0 Å². The molecule has 1 fully saturated rings. The topological polar surface area (TPSA) is 51.3 Å². The highest BCUT2D eigenvalue weighted by Crippen LogP contribution is 2.15. The fraction of sp³-hybridized carbons (Fsp3) is 0.500. The van der Waals surface area contributed by atoms with Crippen molar-refractivity contribution >= 4 is 11.6 Å². The molecule has 1 amide bonds. The first kappa shape index (κ1) is 9.12. The SMILES string of the molecule is Cn1cc(N)cc1C(=O)N1CCCC1. The molecule has 0 atom stereocenters. The number of nitrogen functional groups attached to an aromatic ring is 1. The van der Waals surface area contributed by atoms with E-state index in [-0.39, 0.29) is 5.91 Å². The largest absolute Gasteiger partial charge is 0.397 e. The predicted molar refractivity (Wildman–Crippen MR) is 55.0 cm³/mol. The molecule has 14 heavy (non-hydrogen) atoms. The van der Waals surface area contributed by atoms with E-state index in [2.05, 4.69) is 0 Å². The molecule has 76 valence electrons. The van der Waals surface area contributed by atoms with Gasteiger partial charge in [0.15, 0.2) is 0 Å². The number of carbonyl (C=O) groups excluding carboxylic acids is 1. The minimum atomic E-state index is 0.0988. The maximum Gasteiger partial charge on any atom is 0.270 e. The summed E-state index contributed by atoms with van der Waals surface area (Å²) < 4.78 is 1.79. The Bertz CT molecular complexity index is 350. The summed E-state index contributed by atoms with van der Waals surface area (Å²) in [7, 11) is 1.85. The van der Waals surface area contributed by atoms with Gasteiger partial charge in [-0.25, -0.2) is 0 Å². The minimum Gasteiger partial charge on any atom is -0.397 e. The van der Waals surface area contributed by atoms with Crippen LogP contribution in [-0.2, 0) is 7.05 Å². The van der Waals surface area contributed by atoms with Crippen LogP contribution < -0.4 is 5.73 Å². The summed E-state index contributed by atoms with van der Waals surface area (Å²) in [6.45, 7) is 1.76. The molecule has 4 nitrogen and oxygen atoms in total. The highest BCUT2D eigenvalue weighted by Gasteiger charge is 2.21. The summed E-state index contributed by atoms with van der Waals surface area (Å²) in [4.78, 5) is 13.8. The van der Waals surface area contributed by atoms with Crippen LogP contribution in [0.2, 0.25) is 0 Å². The number of nitrogens with two attached hydrogens (primary N) is 1. The van der Waals surface area contributed by atoms with Crippen LogP contribution in [0.1, 0.15) is 23.3 Å². The Morgan fingerprint density at radius 1 is 1.43 bits per heavy atom. The second-order valence-corrected chi connectivity index (χ2v) is 3.77. The number of aryl methyl sites for hydroxylation is 1. The molecule has 2 rings (SSSR count). The molecule has 0 unspecified atom stereocenters. The van der Waals surface area contributed by atoms with Crippen molar-refractivity contribution in [2.24, 2.45) is 7.05 Å². The molecule has 0 saturated carbocycles. The van der Waals surface area contributed by atoms with E-state index in [1.165, 1.54) is 0 Å². The number of amides is 1. The van der Waals surface area contributed by atoms with Crippen molar-refractivity contribution in [1.82, 2.24) is 9.47 Å². The summed E-state index contributed by atoms with van der Waals surface area (Å²) in [6, 6.07) is 1.74. The van der Waals surface area contributed by atoms with Gasteiger partial charge in [0.1, 0.15) is 5.69 Å². The van der Waals surface area contributed by atoms with Crippen LogP contribution in [0.3, 0.4) is 0 Å². The number of hydrogen-bond donors (Lipinski definition) is 1. The summed E-state index contributed by atoms with van der Waals surface area (Å²) in [6.07, 6.45) is 4.00. The maximum atomic E-state index is 11.9. The third kappa shape index (κ3) is 1.47. The molecule has 1 aliphatic rings. The molecular formula is C10H15N3O. The van der Waals surface area contributed by atoms with Gasteiger partial charge in [-0.15, -0.1) is 0 Å². The number of hydrogen-bond acceptors (Lipinski definition) is 2. The van der Waals surface area contributed by atoms with Gasteiger partial charge in [-0.2, -0.15) is 0 Å². The fourth-order valence-corrected chi connectivity index (χ4v) is 1.88. The normalized spacial score (nSPS) is 16.2. The van der Waals surface area contributed by atoms with E-state index >= 15 is 0 Å². The Morgan fingerprint density at radius 2 is 2.07 bits per heavy atom. The van der Waals surface area contributed by atoms with Crippen molar-refractivity contribution in [2.75, 3.05) is 18.8 Å². The lowest BCUT2D eigenvalue weighted by molar-refractivity contribution is 0.0783. The zero-order valence-corrected chi connectivity index (χ0v) is 8.36. The molecular weight excluding hydrogens is 178 g/mol. The Morgan fingerprint density at radius 3 is 2.57 bits per heavy atom. The van der Waals surface area contributed by atoms with Gasteiger partial charge < -0.3 is 15.2 Å². The number of aromatic nitrogens is 1. The van der Waals surface area contributed by atoms with Gasteiger partial charge in [-0.05, 0) is 18.9 Å². The van der Waals surface area contributed by atoms with E-state index in [0.717, 1.165) is 25.9 Å². The van der Waals surface area contributed by atoms with Crippen LogP contribution in [0.5, 0.6) is 0 Å².